The minimum Gasteiger partial charge on any atom is -0.480 e. The van der Waals surface area contributed by atoms with Crippen molar-refractivity contribution in [1.29, 1.82) is 0 Å². The van der Waals surface area contributed by atoms with Crippen LogP contribution < -0.4 is 5.73 Å². The van der Waals surface area contributed by atoms with Crippen LogP contribution in [0.2, 0.25) is 0 Å². The summed E-state index contributed by atoms with van der Waals surface area (Å²) in [6.45, 7) is 2.78. The second-order valence-corrected chi connectivity index (χ2v) is 15.9. The molecule has 0 aliphatic carbocycles. The maximum absolute atomic E-state index is 12.6. The number of hydrogen-bond acceptors (Lipinski definition) is 9. The predicted octanol–water partition coefficient (Wildman–Crippen LogP) is 10.7. The van der Waals surface area contributed by atoms with Crippen molar-refractivity contribution < 1.29 is 47.5 Å². The Bertz CT molecular complexity index is 1030. The van der Waals surface area contributed by atoms with Gasteiger partial charge in [0.05, 0.1) is 13.2 Å². The quantitative estimate of drug-likeness (QED) is 0.0177. The Morgan fingerprint density at radius 1 is 0.564 bits per heavy atom. The summed E-state index contributed by atoms with van der Waals surface area (Å²) in [5.41, 5.74) is 5.33. The molecule has 317 valence electrons. The van der Waals surface area contributed by atoms with Crippen LogP contribution in [0.5, 0.6) is 0 Å². The minimum absolute atomic E-state index is 0. The molecule has 0 saturated carbocycles. The largest absolute Gasteiger partial charge is 0.480 e. The number of ether oxygens (including phenoxy) is 2. The summed E-state index contributed by atoms with van der Waals surface area (Å²) in [7, 11) is -4.71. The van der Waals surface area contributed by atoms with Crippen LogP contribution in [0.4, 0.5) is 0 Å². The van der Waals surface area contributed by atoms with Crippen molar-refractivity contribution >= 4 is 55.3 Å². The van der Waals surface area contributed by atoms with Gasteiger partial charge in [0.2, 0.25) is 0 Å². The van der Waals surface area contributed by atoms with E-state index in [9.17, 15) is 23.8 Å². The summed E-state index contributed by atoms with van der Waals surface area (Å²) < 4.78 is 32.6. The number of allylic oxidation sites excluding steroid dienone is 4. The molecule has 0 spiro atoms. The molecule has 0 aromatic carbocycles. The third kappa shape index (κ3) is 40.9. The van der Waals surface area contributed by atoms with Crippen molar-refractivity contribution in [3.63, 3.8) is 0 Å². The van der Waals surface area contributed by atoms with Crippen molar-refractivity contribution in [2.24, 2.45) is 5.73 Å². The summed E-state index contributed by atoms with van der Waals surface area (Å²) in [6.07, 6.45) is 38.1. The molecule has 1 radical (unpaired) electrons. The van der Waals surface area contributed by atoms with E-state index in [1.54, 1.807) is 0 Å². The molecule has 0 aliphatic heterocycles. The number of aliphatic carboxylic acids is 1. The van der Waals surface area contributed by atoms with Crippen LogP contribution in [0.15, 0.2) is 24.3 Å². The summed E-state index contributed by atoms with van der Waals surface area (Å²) in [5.74, 6) is -2.39. The number of carboxylic acid groups (broad SMARTS) is 1. The van der Waals surface area contributed by atoms with Crippen LogP contribution in [0.1, 0.15) is 194 Å². The molecule has 13 heteroatoms. The van der Waals surface area contributed by atoms with E-state index >= 15 is 0 Å². The van der Waals surface area contributed by atoms with Crippen LogP contribution in [0.3, 0.4) is 0 Å². The van der Waals surface area contributed by atoms with Gasteiger partial charge in [-0.15, -0.1) is 0 Å². The first kappa shape index (κ1) is 56.1. The van der Waals surface area contributed by atoms with Gasteiger partial charge in [0, 0.05) is 42.4 Å². The second-order valence-electron chi connectivity index (χ2n) is 14.5. The standard InChI is InChI=1S/C42H78NO10P.Na/c1-3-5-7-9-11-13-15-17-19-21-23-25-27-29-31-33-40(44)50-35-38(36-51-54(48,49)52-37-39(43)42(46)47)53-41(45)34-32-30-28-26-24-22-20-18-16-14-12-10-8-6-4-2;/h17-20,38-39H,3-16,21-37,43H2,1-2H3,(H,46,47)(H,48,49);. The van der Waals surface area contributed by atoms with Gasteiger partial charge in [0.1, 0.15) is 12.6 Å². The Morgan fingerprint density at radius 3 is 1.35 bits per heavy atom. The van der Waals surface area contributed by atoms with Gasteiger partial charge in [0.15, 0.2) is 6.10 Å². The van der Waals surface area contributed by atoms with Crippen molar-refractivity contribution in [2.45, 2.75) is 206 Å². The molecule has 0 aromatic heterocycles. The van der Waals surface area contributed by atoms with Gasteiger partial charge in [-0.2, -0.15) is 0 Å². The van der Waals surface area contributed by atoms with E-state index in [-0.39, 0.29) is 49.0 Å². The van der Waals surface area contributed by atoms with Crippen molar-refractivity contribution in [3.8, 4) is 0 Å². The Labute approximate surface area is 356 Å². The van der Waals surface area contributed by atoms with Gasteiger partial charge < -0.3 is 25.2 Å². The summed E-state index contributed by atoms with van der Waals surface area (Å²) in [4.78, 5) is 45.9. The van der Waals surface area contributed by atoms with E-state index in [1.807, 2.05) is 0 Å². The molecule has 0 rings (SSSR count). The number of unbranched alkanes of at least 4 members (excludes halogenated alkanes) is 22. The average Bonchev–Trinajstić information content (AvgIpc) is 3.14. The summed E-state index contributed by atoms with van der Waals surface area (Å²) >= 11 is 0. The van der Waals surface area contributed by atoms with Crippen molar-refractivity contribution in [1.82, 2.24) is 0 Å². The van der Waals surface area contributed by atoms with Gasteiger partial charge in [0.25, 0.3) is 0 Å². The number of rotatable bonds is 40. The van der Waals surface area contributed by atoms with Gasteiger partial charge in [-0.1, -0.05) is 141 Å². The number of carbonyl (C=O) groups is 3. The molecule has 4 N–H and O–H groups in total. The molecular formula is C42H78NNaO10P. The van der Waals surface area contributed by atoms with Crippen LogP contribution in [-0.2, 0) is 37.5 Å². The fourth-order valence-corrected chi connectivity index (χ4v) is 6.54. The van der Waals surface area contributed by atoms with Crippen molar-refractivity contribution in [2.75, 3.05) is 19.8 Å². The van der Waals surface area contributed by atoms with E-state index < -0.39 is 51.1 Å². The second kappa shape index (κ2) is 41.1. The Balaban J connectivity index is 0. The molecule has 3 unspecified atom stereocenters. The maximum Gasteiger partial charge on any atom is 0.472 e. The monoisotopic (exact) mass is 811 g/mol. The summed E-state index contributed by atoms with van der Waals surface area (Å²) in [5, 5.41) is 8.88. The molecule has 11 nitrogen and oxygen atoms in total. The number of nitrogens with two attached hydrogens (primary N) is 1. The molecule has 0 bridgehead atoms. The maximum atomic E-state index is 12.6. The third-order valence-electron chi connectivity index (χ3n) is 9.17. The fraction of sp³-hybridized carbons (Fsp3) is 0.833. The first-order chi connectivity index (χ1) is 26.1. The van der Waals surface area contributed by atoms with Gasteiger partial charge in [-0.3, -0.25) is 23.4 Å². The third-order valence-corrected chi connectivity index (χ3v) is 10.1. The molecule has 0 amide bonds. The van der Waals surface area contributed by atoms with Crippen LogP contribution in [0.25, 0.3) is 0 Å². The van der Waals surface area contributed by atoms with Gasteiger partial charge in [-0.25, -0.2) is 4.57 Å². The first-order valence-corrected chi connectivity index (χ1v) is 22.9. The SMILES string of the molecule is CCCCCCCCC=CCCCCCCCC(=O)OCC(COP(=O)(O)OCC(N)C(=O)O)OC(=O)CCCCCCCC=CCCCCCCCC.[Na]. The van der Waals surface area contributed by atoms with E-state index in [4.69, 9.17) is 24.8 Å². The number of carboxylic acids is 1. The number of hydrogen-bond donors (Lipinski definition) is 3. The van der Waals surface area contributed by atoms with E-state index in [1.165, 1.54) is 77.0 Å². The molecule has 0 saturated heterocycles. The Morgan fingerprint density at radius 2 is 0.927 bits per heavy atom. The molecular weight excluding hydrogens is 732 g/mol. The molecule has 0 aromatic rings. The summed E-state index contributed by atoms with van der Waals surface area (Å²) in [6, 6.07) is -1.52. The number of phosphoric ester groups is 1. The molecule has 0 aliphatic rings. The van der Waals surface area contributed by atoms with Crippen molar-refractivity contribution in [3.05, 3.63) is 24.3 Å². The zero-order chi connectivity index (χ0) is 40.0. The van der Waals surface area contributed by atoms with Gasteiger partial charge in [-0.05, 0) is 64.2 Å². The Hall–Kier alpha value is -1.04. The first-order valence-electron chi connectivity index (χ1n) is 21.4. The molecule has 3 atom stereocenters. The number of phosphoric acid groups is 1. The molecule has 0 heterocycles. The fourth-order valence-electron chi connectivity index (χ4n) is 5.76. The number of carbonyl (C=O) groups excluding carboxylic acids is 2. The van der Waals surface area contributed by atoms with Gasteiger partial charge >= 0.3 is 25.7 Å². The zero-order valence-corrected chi connectivity index (χ0v) is 38.0. The normalized spacial score (nSPS) is 13.7. The van der Waals surface area contributed by atoms with E-state index in [2.05, 4.69) is 42.7 Å². The zero-order valence-electron chi connectivity index (χ0n) is 35.1. The predicted molar refractivity (Wildman–Crippen MR) is 223 cm³/mol. The average molecular weight is 811 g/mol. The molecule has 55 heavy (non-hydrogen) atoms. The number of esters is 2. The molecule has 0 fully saturated rings. The van der Waals surface area contributed by atoms with Crippen LogP contribution in [0, 0.1) is 0 Å². The van der Waals surface area contributed by atoms with Crippen LogP contribution >= 0.6 is 7.82 Å². The van der Waals surface area contributed by atoms with E-state index in [0.717, 1.165) is 77.0 Å². The Kier molecular flexibility index (Phi) is 41.9. The minimum atomic E-state index is -4.71. The van der Waals surface area contributed by atoms with Crippen LogP contribution in [-0.4, -0.2) is 89.4 Å². The smallest absolute Gasteiger partial charge is 0.472 e. The topological polar surface area (TPSA) is 172 Å². The van der Waals surface area contributed by atoms with E-state index in [0.29, 0.717) is 12.8 Å².